The largest absolute Gasteiger partial charge is 0.368 e. The highest BCUT2D eigenvalue weighted by Crippen LogP contribution is 2.44. The zero-order chi connectivity index (χ0) is 15.5. The first-order chi connectivity index (χ1) is 10.7. The summed E-state index contributed by atoms with van der Waals surface area (Å²) in [5.41, 5.74) is 13.3. The summed E-state index contributed by atoms with van der Waals surface area (Å²) in [6, 6.07) is 17.3. The van der Waals surface area contributed by atoms with Gasteiger partial charge in [0.2, 0.25) is 5.95 Å². The quantitative estimate of drug-likeness (QED) is 0.516. The Morgan fingerprint density at radius 1 is 0.864 bits per heavy atom. The molecule has 0 radical (unpaired) electrons. The molecule has 0 saturated carbocycles. The zero-order valence-corrected chi connectivity index (χ0v) is 12.7. The standard InChI is InChI=1S/C16H14.C2H4N4/c1-11(2)16-14-9-5-3-7-12(14)13-8-4-6-10-15(13)16;3-2-4-1-5-6-2/h3-10H,1-2H3;1H,(H3,3,4,5,6). The normalized spacial score (nSPS) is 11.3. The highest BCUT2D eigenvalue weighted by Gasteiger charge is 2.22. The number of aromatic amines is 1. The van der Waals surface area contributed by atoms with Gasteiger partial charge in [0.15, 0.2) is 0 Å². The Morgan fingerprint density at radius 3 is 1.68 bits per heavy atom. The number of H-pyrrole nitrogens is 1. The molecule has 0 bridgehead atoms. The van der Waals surface area contributed by atoms with Crippen LogP contribution in [0.15, 0.2) is 60.4 Å². The van der Waals surface area contributed by atoms with Crippen LogP contribution in [0, 0.1) is 0 Å². The third-order valence-electron chi connectivity index (χ3n) is 3.62. The van der Waals surface area contributed by atoms with Gasteiger partial charge in [-0.15, -0.1) is 0 Å². The summed E-state index contributed by atoms with van der Waals surface area (Å²) >= 11 is 0. The van der Waals surface area contributed by atoms with E-state index in [1.807, 2.05) is 0 Å². The van der Waals surface area contributed by atoms with E-state index in [1.165, 1.54) is 39.7 Å². The van der Waals surface area contributed by atoms with Gasteiger partial charge < -0.3 is 5.73 Å². The molecule has 110 valence electrons. The third kappa shape index (κ3) is 2.51. The van der Waals surface area contributed by atoms with Gasteiger partial charge in [-0.1, -0.05) is 54.1 Å². The molecule has 3 N–H and O–H groups in total. The molecular formula is C18H18N4. The predicted octanol–water partition coefficient (Wildman–Crippen LogP) is 3.90. The number of hydrogen-bond acceptors (Lipinski definition) is 3. The van der Waals surface area contributed by atoms with Crippen LogP contribution in [0.5, 0.6) is 0 Å². The van der Waals surface area contributed by atoms with Crippen molar-refractivity contribution in [2.75, 3.05) is 5.73 Å². The van der Waals surface area contributed by atoms with E-state index in [0.29, 0.717) is 5.95 Å². The highest BCUT2D eigenvalue weighted by atomic mass is 15.2. The van der Waals surface area contributed by atoms with Crippen LogP contribution in [0.4, 0.5) is 5.95 Å². The second kappa shape index (κ2) is 5.85. The minimum atomic E-state index is 0.356. The molecule has 1 aliphatic carbocycles. The molecule has 1 aliphatic rings. The van der Waals surface area contributed by atoms with Crippen molar-refractivity contribution in [3.8, 4) is 11.1 Å². The molecule has 0 aliphatic heterocycles. The van der Waals surface area contributed by atoms with Gasteiger partial charge in [-0.3, -0.25) is 0 Å². The molecule has 0 spiro atoms. The van der Waals surface area contributed by atoms with E-state index in [4.69, 9.17) is 5.73 Å². The monoisotopic (exact) mass is 290 g/mol. The SMILES string of the molecule is CC(C)=C1c2ccccc2-c2ccccc21.Nc1ncn[nH]1. The van der Waals surface area contributed by atoms with E-state index in [1.54, 1.807) is 0 Å². The molecule has 0 fully saturated rings. The number of fused-ring (bicyclic) bond motifs is 3. The van der Waals surface area contributed by atoms with Crippen molar-refractivity contribution in [1.82, 2.24) is 15.2 Å². The number of nitrogen functional groups attached to an aromatic ring is 1. The van der Waals surface area contributed by atoms with Crippen LogP contribution in [0.1, 0.15) is 25.0 Å². The second-order valence-electron chi connectivity index (χ2n) is 5.34. The van der Waals surface area contributed by atoms with E-state index < -0.39 is 0 Å². The van der Waals surface area contributed by atoms with Gasteiger partial charge in [0, 0.05) is 0 Å². The topological polar surface area (TPSA) is 67.6 Å². The number of nitrogens with zero attached hydrogens (tertiary/aromatic N) is 2. The van der Waals surface area contributed by atoms with Crippen molar-refractivity contribution in [3.63, 3.8) is 0 Å². The van der Waals surface area contributed by atoms with Gasteiger partial charge in [-0.2, -0.15) is 5.10 Å². The molecule has 4 nitrogen and oxygen atoms in total. The molecule has 3 aromatic rings. The smallest absolute Gasteiger partial charge is 0.215 e. The third-order valence-corrected chi connectivity index (χ3v) is 3.62. The van der Waals surface area contributed by atoms with E-state index in [0.717, 1.165) is 0 Å². The van der Waals surface area contributed by atoms with E-state index in [-0.39, 0.29) is 0 Å². The lowest BCUT2D eigenvalue weighted by molar-refractivity contribution is 1.10. The van der Waals surface area contributed by atoms with Gasteiger partial charge >= 0.3 is 0 Å². The Balaban J connectivity index is 0.000000202. The molecule has 1 heterocycles. The van der Waals surface area contributed by atoms with Crippen molar-refractivity contribution < 1.29 is 0 Å². The number of nitrogens with one attached hydrogen (secondary N) is 1. The van der Waals surface area contributed by atoms with Crippen molar-refractivity contribution >= 4 is 11.5 Å². The summed E-state index contributed by atoms with van der Waals surface area (Å²) in [7, 11) is 0. The average Bonchev–Trinajstić information content (AvgIpc) is 3.12. The van der Waals surface area contributed by atoms with Gasteiger partial charge in [0.25, 0.3) is 0 Å². The Morgan fingerprint density at radius 2 is 1.36 bits per heavy atom. The lowest BCUT2D eigenvalue weighted by Crippen LogP contribution is -1.84. The van der Waals surface area contributed by atoms with Crippen LogP contribution in [0.3, 0.4) is 0 Å². The fourth-order valence-corrected chi connectivity index (χ4v) is 2.77. The van der Waals surface area contributed by atoms with Gasteiger partial charge in [-0.25, -0.2) is 10.1 Å². The predicted molar refractivity (Wildman–Crippen MR) is 90.0 cm³/mol. The Hall–Kier alpha value is -2.88. The average molecular weight is 290 g/mol. The molecule has 2 aromatic carbocycles. The van der Waals surface area contributed by atoms with Gasteiger partial charge in [0.05, 0.1) is 0 Å². The number of aromatic nitrogens is 3. The maximum absolute atomic E-state index is 5.05. The van der Waals surface area contributed by atoms with Crippen LogP contribution in [0.25, 0.3) is 16.7 Å². The molecule has 1 aromatic heterocycles. The van der Waals surface area contributed by atoms with Crippen LogP contribution in [0.2, 0.25) is 0 Å². The van der Waals surface area contributed by atoms with Crippen LogP contribution < -0.4 is 5.73 Å². The molecule has 0 saturated heterocycles. The number of hydrogen-bond donors (Lipinski definition) is 2. The Kier molecular flexibility index (Phi) is 3.74. The lowest BCUT2D eigenvalue weighted by Gasteiger charge is -2.04. The van der Waals surface area contributed by atoms with Crippen LogP contribution >= 0.6 is 0 Å². The number of nitrogens with two attached hydrogens (primary N) is 1. The number of rotatable bonds is 0. The first-order valence-corrected chi connectivity index (χ1v) is 7.16. The van der Waals surface area contributed by atoms with Crippen molar-refractivity contribution in [2.24, 2.45) is 0 Å². The molecule has 0 unspecified atom stereocenters. The van der Waals surface area contributed by atoms with E-state index in [9.17, 15) is 0 Å². The van der Waals surface area contributed by atoms with Crippen molar-refractivity contribution in [2.45, 2.75) is 13.8 Å². The first kappa shape index (κ1) is 14.1. The number of benzene rings is 2. The summed E-state index contributed by atoms with van der Waals surface area (Å²) in [5.74, 6) is 0.356. The zero-order valence-electron chi connectivity index (χ0n) is 12.7. The van der Waals surface area contributed by atoms with Crippen LogP contribution in [-0.2, 0) is 0 Å². The number of anilines is 1. The fraction of sp³-hybridized carbons (Fsp3) is 0.111. The molecule has 22 heavy (non-hydrogen) atoms. The fourth-order valence-electron chi connectivity index (χ4n) is 2.77. The van der Waals surface area contributed by atoms with Crippen molar-refractivity contribution in [1.29, 1.82) is 0 Å². The summed E-state index contributed by atoms with van der Waals surface area (Å²) in [4.78, 5) is 3.53. The maximum Gasteiger partial charge on any atom is 0.215 e. The van der Waals surface area contributed by atoms with Crippen molar-refractivity contribution in [3.05, 3.63) is 71.6 Å². The summed E-state index contributed by atoms with van der Waals surface area (Å²) in [5, 5.41) is 5.88. The molecule has 0 atom stereocenters. The van der Waals surface area contributed by atoms with Gasteiger partial charge in [0.1, 0.15) is 6.33 Å². The minimum Gasteiger partial charge on any atom is -0.368 e. The summed E-state index contributed by atoms with van der Waals surface area (Å²) in [6.45, 7) is 4.38. The molecule has 4 heteroatoms. The molecule has 0 amide bonds. The highest BCUT2D eigenvalue weighted by molar-refractivity contribution is 6.01. The first-order valence-electron chi connectivity index (χ1n) is 7.16. The minimum absolute atomic E-state index is 0.356. The Labute approximate surface area is 129 Å². The summed E-state index contributed by atoms with van der Waals surface area (Å²) in [6.07, 6.45) is 1.36. The summed E-state index contributed by atoms with van der Waals surface area (Å²) < 4.78 is 0. The van der Waals surface area contributed by atoms with Gasteiger partial charge in [-0.05, 0) is 41.7 Å². The van der Waals surface area contributed by atoms with E-state index in [2.05, 4.69) is 77.6 Å². The maximum atomic E-state index is 5.05. The second-order valence-corrected chi connectivity index (χ2v) is 5.34. The lowest BCUT2D eigenvalue weighted by atomic mass is 10.00. The molecular weight excluding hydrogens is 272 g/mol. The number of allylic oxidation sites excluding steroid dienone is 1. The van der Waals surface area contributed by atoms with E-state index >= 15 is 0 Å². The Bertz CT molecular complexity index is 765. The van der Waals surface area contributed by atoms with Crippen LogP contribution in [-0.4, -0.2) is 15.2 Å². The molecule has 4 rings (SSSR count).